The van der Waals surface area contributed by atoms with E-state index in [-0.39, 0.29) is 0 Å². The topological polar surface area (TPSA) is 24.4 Å². The second-order valence-corrected chi connectivity index (χ2v) is 1.01. The lowest BCUT2D eigenvalue weighted by molar-refractivity contribution is 1.09. The highest BCUT2D eigenvalue weighted by Gasteiger charge is 1.54. The van der Waals surface area contributed by atoms with Crippen LogP contribution in [-0.4, -0.2) is 13.3 Å². The van der Waals surface area contributed by atoms with Crippen LogP contribution in [0.5, 0.6) is 0 Å². The molecule has 1 N–H and O–H groups in total. The zero-order valence-electron chi connectivity index (χ0n) is 6.68. The van der Waals surface area contributed by atoms with Gasteiger partial charge in [-0.25, -0.2) is 0 Å². The molecule has 0 aliphatic rings. The molecule has 2 heteroatoms. The molecule has 0 spiro atoms. The Labute approximate surface area is 57.7 Å². The van der Waals surface area contributed by atoms with Gasteiger partial charge < -0.3 is 5.32 Å². The fourth-order valence-corrected chi connectivity index (χ4v) is 0.204. The van der Waals surface area contributed by atoms with Crippen molar-refractivity contribution < 1.29 is 0 Å². The van der Waals surface area contributed by atoms with Gasteiger partial charge in [0.1, 0.15) is 0 Å². The molecule has 0 aromatic carbocycles. The first-order chi connectivity index (χ1) is 4.41. The van der Waals surface area contributed by atoms with Crippen molar-refractivity contribution in [2.75, 3.05) is 7.05 Å². The Bertz CT molecular complexity index is 75.0. The molecular weight excluding hydrogens is 112 g/mol. The van der Waals surface area contributed by atoms with Crippen molar-refractivity contribution in [3.63, 3.8) is 0 Å². The van der Waals surface area contributed by atoms with E-state index in [9.17, 15) is 0 Å². The summed E-state index contributed by atoms with van der Waals surface area (Å²) in [6, 6.07) is 0. The van der Waals surface area contributed by atoms with Crippen molar-refractivity contribution in [3.05, 3.63) is 12.4 Å². The van der Waals surface area contributed by atoms with E-state index in [1.54, 1.807) is 18.6 Å². The molecule has 0 fully saturated rings. The Balaban J connectivity index is 0. The van der Waals surface area contributed by atoms with Gasteiger partial charge in [-0.15, -0.1) is 0 Å². The predicted molar refractivity (Wildman–Crippen MR) is 43.7 cm³/mol. The number of rotatable bonds is 2. The molecule has 54 valence electrons. The number of nitrogens with one attached hydrogen (secondary N) is 1. The van der Waals surface area contributed by atoms with Crippen LogP contribution in [0.25, 0.3) is 0 Å². The van der Waals surface area contributed by atoms with Crippen LogP contribution in [0.4, 0.5) is 0 Å². The molecule has 0 amide bonds. The minimum atomic E-state index is 1.69. The summed E-state index contributed by atoms with van der Waals surface area (Å²) in [7, 11) is 1.84. The third-order valence-electron chi connectivity index (χ3n) is 0.476. The second-order valence-electron chi connectivity index (χ2n) is 1.01. The molecule has 0 saturated heterocycles. The lowest BCUT2D eigenvalue weighted by Gasteiger charge is -1.77. The first-order valence-corrected chi connectivity index (χ1v) is 3.22. The molecule has 0 aromatic heterocycles. The third kappa shape index (κ3) is 19.0. The van der Waals surface area contributed by atoms with E-state index in [1.807, 2.05) is 27.8 Å². The summed E-state index contributed by atoms with van der Waals surface area (Å²) in [5.74, 6) is 0. The molecule has 9 heavy (non-hydrogen) atoms. The summed E-state index contributed by atoms with van der Waals surface area (Å²) in [5, 5.41) is 2.81. The zero-order valence-corrected chi connectivity index (χ0v) is 6.68. The molecule has 0 aliphatic carbocycles. The molecular formula is C7H16N2. The summed E-state index contributed by atoms with van der Waals surface area (Å²) in [5.41, 5.74) is 0. The van der Waals surface area contributed by atoms with Gasteiger partial charge in [0.2, 0.25) is 0 Å². The molecule has 0 heterocycles. The Kier molecular flexibility index (Phi) is 19.3. The van der Waals surface area contributed by atoms with Gasteiger partial charge in [-0.3, -0.25) is 4.99 Å². The minimum absolute atomic E-state index is 1.69. The Morgan fingerprint density at radius 3 is 2.22 bits per heavy atom. The van der Waals surface area contributed by atoms with E-state index < -0.39 is 0 Å². The van der Waals surface area contributed by atoms with Gasteiger partial charge in [-0.05, 0) is 6.92 Å². The molecule has 0 aromatic rings. The molecule has 0 saturated carbocycles. The number of hydrogen-bond donors (Lipinski definition) is 1. The van der Waals surface area contributed by atoms with Gasteiger partial charge in [-0.1, -0.05) is 13.8 Å². The monoisotopic (exact) mass is 128 g/mol. The average Bonchev–Trinajstić information content (AvgIpc) is 1.94. The van der Waals surface area contributed by atoms with E-state index >= 15 is 0 Å². The highest BCUT2D eigenvalue weighted by atomic mass is 14.8. The van der Waals surface area contributed by atoms with Gasteiger partial charge in [0.05, 0.1) is 0 Å². The van der Waals surface area contributed by atoms with E-state index in [0.29, 0.717) is 0 Å². The van der Waals surface area contributed by atoms with Gasteiger partial charge in [0.15, 0.2) is 0 Å². The van der Waals surface area contributed by atoms with Crippen LogP contribution in [0.15, 0.2) is 17.4 Å². The summed E-state index contributed by atoms with van der Waals surface area (Å²) in [6.45, 7) is 5.88. The quantitative estimate of drug-likeness (QED) is 0.563. The molecule has 0 atom stereocenters. The molecule has 0 rings (SSSR count). The summed E-state index contributed by atoms with van der Waals surface area (Å²) < 4.78 is 0. The minimum Gasteiger partial charge on any atom is -0.393 e. The maximum Gasteiger partial charge on any atom is 0.0420 e. The van der Waals surface area contributed by atoms with Gasteiger partial charge in [-0.2, -0.15) is 0 Å². The normalized spacial score (nSPS) is 9.33. The van der Waals surface area contributed by atoms with E-state index in [4.69, 9.17) is 0 Å². The van der Waals surface area contributed by atoms with Crippen molar-refractivity contribution in [1.82, 2.24) is 5.32 Å². The zero-order chi connectivity index (χ0) is 7.54. The fraction of sp³-hybridized carbons (Fsp3) is 0.571. The van der Waals surface area contributed by atoms with Gasteiger partial charge in [0.25, 0.3) is 0 Å². The predicted octanol–water partition coefficient (Wildman–Crippen LogP) is 1.79. The van der Waals surface area contributed by atoms with Crippen LogP contribution in [0, 0.1) is 0 Å². The lowest BCUT2D eigenvalue weighted by atomic mass is 10.8. The molecule has 0 radical (unpaired) electrons. The molecule has 0 bridgehead atoms. The van der Waals surface area contributed by atoms with Crippen LogP contribution in [0.1, 0.15) is 20.8 Å². The van der Waals surface area contributed by atoms with Crippen molar-refractivity contribution in [2.45, 2.75) is 20.8 Å². The number of nitrogens with zero attached hydrogens (tertiary/aromatic N) is 1. The maximum absolute atomic E-state index is 3.79. The van der Waals surface area contributed by atoms with Crippen LogP contribution >= 0.6 is 0 Å². The smallest absolute Gasteiger partial charge is 0.0420 e. The van der Waals surface area contributed by atoms with Gasteiger partial charge in [0, 0.05) is 25.7 Å². The van der Waals surface area contributed by atoms with Crippen molar-refractivity contribution in [1.29, 1.82) is 0 Å². The second kappa shape index (κ2) is 15.7. The van der Waals surface area contributed by atoms with E-state index in [0.717, 1.165) is 0 Å². The average molecular weight is 128 g/mol. The lowest BCUT2D eigenvalue weighted by Crippen LogP contribution is -1.89. The summed E-state index contributed by atoms with van der Waals surface area (Å²) in [4.78, 5) is 3.79. The molecule has 0 aliphatic heterocycles. The van der Waals surface area contributed by atoms with Crippen LogP contribution < -0.4 is 5.32 Å². The van der Waals surface area contributed by atoms with E-state index in [2.05, 4.69) is 10.3 Å². The first kappa shape index (κ1) is 11.1. The Morgan fingerprint density at radius 1 is 1.33 bits per heavy atom. The fourth-order valence-electron chi connectivity index (χ4n) is 0.204. The standard InChI is InChI=1S/C5H10N2.C2H6/c1-3-7-5-4-6-2;1-2/h3-6H,1-2H3;1-2H3/b5-4-,7-3?;. The third-order valence-corrected chi connectivity index (χ3v) is 0.476. The Hall–Kier alpha value is -0.790. The highest BCUT2D eigenvalue weighted by Crippen LogP contribution is 1.64. The highest BCUT2D eigenvalue weighted by molar-refractivity contribution is 5.54. The summed E-state index contributed by atoms with van der Waals surface area (Å²) >= 11 is 0. The van der Waals surface area contributed by atoms with Crippen LogP contribution in [-0.2, 0) is 0 Å². The number of aliphatic imine (C=N–C) groups is 1. The van der Waals surface area contributed by atoms with Crippen molar-refractivity contribution in [3.8, 4) is 0 Å². The molecule has 2 nitrogen and oxygen atoms in total. The number of hydrogen-bond acceptors (Lipinski definition) is 2. The van der Waals surface area contributed by atoms with Crippen molar-refractivity contribution in [2.24, 2.45) is 4.99 Å². The van der Waals surface area contributed by atoms with Crippen LogP contribution in [0.3, 0.4) is 0 Å². The largest absolute Gasteiger partial charge is 0.393 e. The van der Waals surface area contributed by atoms with Crippen molar-refractivity contribution >= 4 is 6.21 Å². The SMILES string of the molecule is CC.CC=N/C=C\NC. The maximum atomic E-state index is 3.79. The first-order valence-electron chi connectivity index (χ1n) is 3.22. The Morgan fingerprint density at radius 2 is 1.89 bits per heavy atom. The van der Waals surface area contributed by atoms with E-state index in [1.165, 1.54) is 0 Å². The molecule has 0 unspecified atom stereocenters. The summed E-state index contributed by atoms with van der Waals surface area (Å²) in [6.07, 6.45) is 5.19. The van der Waals surface area contributed by atoms with Gasteiger partial charge >= 0.3 is 0 Å². The van der Waals surface area contributed by atoms with Crippen LogP contribution in [0.2, 0.25) is 0 Å².